The van der Waals surface area contributed by atoms with Gasteiger partial charge in [0.2, 0.25) is 0 Å². The predicted octanol–water partition coefficient (Wildman–Crippen LogP) is 6.56. The van der Waals surface area contributed by atoms with E-state index in [9.17, 15) is 9.59 Å². The first-order chi connectivity index (χ1) is 23.8. The van der Waals surface area contributed by atoms with Crippen molar-refractivity contribution >= 4 is 11.6 Å². The van der Waals surface area contributed by atoms with Crippen molar-refractivity contribution in [3.8, 4) is 34.5 Å². The van der Waals surface area contributed by atoms with Gasteiger partial charge >= 0.3 is 0 Å². The monoisotopic (exact) mass is 682 g/mol. The van der Waals surface area contributed by atoms with Crippen molar-refractivity contribution in [3.63, 3.8) is 0 Å². The number of Topliss-reactive ketones (excluding diaryl/α,β-unsaturated/α-hetero) is 2. The number of fused-ring (bicyclic) bond motifs is 2. The Balaban J connectivity index is 0.000000195. The van der Waals surface area contributed by atoms with E-state index in [4.69, 9.17) is 28.4 Å². The summed E-state index contributed by atoms with van der Waals surface area (Å²) in [5.41, 5.74) is 2.57. The molecule has 2 atom stereocenters. The summed E-state index contributed by atoms with van der Waals surface area (Å²) in [5, 5.41) is 6.88. The summed E-state index contributed by atoms with van der Waals surface area (Å²) in [6, 6.07) is 22.3. The minimum Gasteiger partial charge on any atom is -0.497 e. The van der Waals surface area contributed by atoms with Crippen LogP contribution < -0.4 is 39.1 Å². The molecule has 4 aromatic rings. The standard InChI is InChI=1S/C21H25NO4.C19H21NO4/c1-20(2)17-15(11-12-16(25-5)18(17)26-6)19(23)21(3,22-20)13-7-9-14(24-4)10-8-13;1-19(12-5-7-13(22-2)8-6-12)18(21)14-9-10-16(23-3)17(24-4)15(14)11-20-19/h7-12,22H,1-6H3;5-10,20H,11H2,1-4H3. The predicted molar refractivity (Wildman–Crippen MR) is 191 cm³/mol. The second-order valence-electron chi connectivity index (χ2n) is 13.0. The van der Waals surface area contributed by atoms with Gasteiger partial charge in [0.15, 0.2) is 34.6 Å². The van der Waals surface area contributed by atoms with Gasteiger partial charge in [0.25, 0.3) is 0 Å². The van der Waals surface area contributed by atoms with Gasteiger partial charge in [0.1, 0.15) is 22.6 Å². The molecule has 0 spiro atoms. The van der Waals surface area contributed by atoms with Crippen LogP contribution in [0.3, 0.4) is 0 Å². The maximum atomic E-state index is 13.5. The molecule has 0 amide bonds. The van der Waals surface area contributed by atoms with Crippen LogP contribution in [-0.4, -0.2) is 54.2 Å². The lowest BCUT2D eigenvalue weighted by Gasteiger charge is -2.45. The number of methoxy groups -OCH3 is 6. The molecule has 10 heteroatoms. The number of ketones is 2. The fourth-order valence-corrected chi connectivity index (χ4v) is 7.03. The minimum absolute atomic E-state index is 0.00190. The van der Waals surface area contributed by atoms with Crippen molar-refractivity contribution in [1.82, 2.24) is 10.6 Å². The molecule has 2 unspecified atom stereocenters. The quantitative estimate of drug-likeness (QED) is 0.212. The van der Waals surface area contributed by atoms with Crippen LogP contribution in [0.1, 0.15) is 70.7 Å². The zero-order chi connectivity index (χ0) is 36.4. The zero-order valence-electron chi connectivity index (χ0n) is 30.4. The Morgan fingerprint density at radius 1 is 0.520 bits per heavy atom. The third-order valence-electron chi connectivity index (χ3n) is 9.73. The number of nitrogens with one attached hydrogen (secondary N) is 2. The van der Waals surface area contributed by atoms with Crippen LogP contribution in [0.5, 0.6) is 34.5 Å². The van der Waals surface area contributed by atoms with Crippen molar-refractivity contribution in [2.75, 3.05) is 42.7 Å². The average molecular weight is 683 g/mol. The summed E-state index contributed by atoms with van der Waals surface area (Å²) in [5.74, 6) is 3.96. The third kappa shape index (κ3) is 6.14. The molecular formula is C40H46N2O8. The summed E-state index contributed by atoms with van der Waals surface area (Å²) < 4.78 is 32.2. The highest BCUT2D eigenvalue weighted by Crippen LogP contribution is 2.47. The average Bonchev–Trinajstić information content (AvgIpc) is 3.14. The molecule has 2 aliphatic rings. The van der Waals surface area contributed by atoms with E-state index >= 15 is 0 Å². The molecule has 0 aliphatic carbocycles. The van der Waals surface area contributed by atoms with Crippen molar-refractivity contribution in [2.24, 2.45) is 0 Å². The lowest BCUT2D eigenvalue weighted by atomic mass is 9.72. The molecule has 0 aromatic heterocycles. The van der Waals surface area contributed by atoms with Crippen LogP contribution >= 0.6 is 0 Å². The SMILES string of the molecule is COc1ccc(C2(C)NC(C)(C)c3c(ccc(OC)c3OC)C2=O)cc1.COc1ccc(C2(C)NCc3c(ccc(OC)c3OC)C2=O)cc1. The minimum atomic E-state index is -0.859. The summed E-state index contributed by atoms with van der Waals surface area (Å²) in [6.45, 7) is 8.42. The fraction of sp³-hybridized carbons (Fsp3) is 0.350. The number of rotatable bonds is 8. The van der Waals surface area contributed by atoms with E-state index in [-0.39, 0.29) is 11.6 Å². The smallest absolute Gasteiger partial charge is 0.187 e. The van der Waals surface area contributed by atoms with E-state index in [0.717, 1.165) is 33.8 Å². The molecule has 0 saturated carbocycles. The van der Waals surface area contributed by atoms with E-state index < -0.39 is 16.6 Å². The van der Waals surface area contributed by atoms with Gasteiger partial charge in [0.05, 0.1) is 42.7 Å². The Labute approximate surface area is 294 Å². The van der Waals surface area contributed by atoms with Gasteiger partial charge in [-0.25, -0.2) is 0 Å². The second-order valence-corrected chi connectivity index (χ2v) is 13.0. The van der Waals surface area contributed by atoms with Crippen molar-refractivity contribution < 1.29 is 38.0 Å². The Hall–Kier alpha value is -5.06. The lowest BCUT2D eigenvalue weighted by molar-refractivity contribution is 0.0783. The number of ether oxygens (including phenoxy) is 6. The van der Waals surface area contributed by atoms with Gasteiger partial charge in [-0.05, 0) is 87.4 Å². The van der Waals surface area contributed by atoms with Crippen molar-refractivity contribution in [3.05, 3.63) is 106 Å². The molecule has 0 fully saturated rings. The highest BCUT2D eigenvalue weighted by Gasteiger charge is 2.49. The molecule has 50 heavy (non-hydrogen) atoms. The molecule has 0 bridgehead atoms. The Morgan fingerprint density at radius 3 is 1.46 bits per heavy atom. The van der Waals surface area contributed by atoms with Gasteiger partial charge in [-0.3, -0.25) is 20.2 Å². The second kappa shape index (κ2) is 14.0. The zero-order valence-corrected chi connectivity index (χ0v) is 30.4. The number of hydrogen-bond donors (Lipinski definition) is 2. The first kappa shape index (κ1) is 36.2. The number of benzene rings is 4. The van der Waals surface area contributed by atoms with E-state index in [0.29, 0.717) is 40.7 Å². The van der Waals surface area contributed by atoms with Gasteiger partial charge < -0.3 is 28.4 Å². The van der Waals surface area contributed by atoms with Gasteiger partial charge in [-0.2, -0.15) is 0 Å². The first-order valence-electron chi connectivity index (χ1n) is 16.3. The van der Waals surface area contributed by atoms with E-state index in [1.165, 1.54) is 0 Å². The topological polar surface area (TPSA) is 114 Å². The van der Waals surface area contributed by atoms with Crippen LogP contribution in [0.4, 0.5) is 0 Å². The van der Waals surface area contributed by atoms with Crippen molar-refractivity contribution in [1.29, 1.82) is 0 Å². The number of carbonyl (C=O) groups excluding carboxylic acids is 2. The molecule has 264 valence electrons. The van der Waals surface area contributed by atoms with E-state index in [1.807, 2.05) is 88.4 Å². The normalized spacial score (nSPS) is 20.4. The maximum Gasteiger partial charge on any atom is 0.187 e. The molecule has 2 N–H and O–H groups in total. The number of carbonyl (C=O) groups is 2. The van der Waals surface area contributed by atoms with Gasteiger partial charge in [-0.1, -0.05) is 24.3 Å². The molecule has 0 saturated heterocycles. The summed E-state index contributed by atoms with van der Waals surface area (Å²) in [6.07, 6.45) is 0. The molecule has 4 aromatic carbocycles. The van der Waals surface area contributed by atoms with E-state index in [2.05, 4.69) is 10.6 Å². The number of hydrogen-bond acceptors (Lipinski definition) is 10. The highest BCUT2D eigenvalue weighted by molar-refractivity contribution is 6.07. The van der Waals surface area contributed by atoms with Crippen LogP contribution in [0.15, 0.2) is 72.8 Å². The lowest BCUT2D eigenvalue weighted by Crippen LogP contribution is -2.58. The first-order valence-corrected chi connectivity index (χ1v) is 16.3. The van der Waals surface area contributed by atoms with Crippen LogP contribution in [0, 0.1) is 0 Å². The summed E-state index contributed by atoms with van der Waals surface area (Å²) in [4.78, 5) is 26.6. The largest absolute Gasteiger partial charge is 0.497 e. The van der Waals surface area contributed by atoms with Crippen LogP contribution in [0.25, 0.3) is 0 Å². The van der Waals surface area contributed by atoms with Gasteiger partial charge in [0, 0.05) is 34.3 Å². The Kier molecular flexibility index (Phi) is 10.2. The van der Waals surface area contributed by atoms with Gasteiger partial charge in [-0.15, -0.1) is 0 Å². The highest BCUT2D eigenvalue weighted by atomic mass is 16.5. The third-order valence-corrected chi connectivity index (χ3v) is 9.73. The van der Waals surface area contributed by atoms with Crippen LogP contribution in [-0.2, 0) is 23.2 Å². The maximum absolute atomic E-state index is 13.5. The molecule has 10 nitrogen and oxygen atoms in total. The Morgan fingerprint density at radius 2 is 0.980 bits per heavy atom. The summed E-state index contributed by atoms with van der Waals surface area (Å²) in [7, 11) is 9.60. The van der Waals surface area contributed by atoms with E-state index in [1.54, 1.807) is 54.8 Å². The Bertz CT molecular complexity index is 1890. The van der Waals surface area contributed by atoms with Crippen LogP contribution in [0.2, 0.25) is 0 Å². The summed E-state index contributed by atoms with van der Waals surface area (Å²) >= 11 is 0. The molecule has 0 radical (unpaired) electrons. The fourth-order valence-electron chi connectivity index (χ4n) is 7.03. The molecule has 2 aliphatic heterocycles. The molecule has 6 rings (SSSR count). The molecular weight excluding hydrogens is 636 g/mol. The van der Waals surface area contributed by atoms with Crippen molar-refractivity contribution in [2.45, 2.75) is 50.9 Å². The molecule has 2 heterocycles.